The first-order valence-electron chi connectivity index (χ1n) is 8.30. The molecule has 2 atom stereocenters. The minimum atomic E-state index is -3.61. The Morgan fingerprint density at radius 3 is 2.52 bits per heavy atom. The zero-order valence-electron chi connectivity index (χ0n) is 14.3. The molecule has 1 amide bonds. The van der Waals surface area contributed by atoms with Gasteiger partial charge in [0, 0.05) is 32.1 Å². The van der Waals surface area contributed by atoms with E-state index >= 15 is 0 Å². The van der Waals surface area contributed by atoms with E-state index in [-0.39, 0.29) is 36.4 Å². The van der Waals surface area contributed by atoms with Gasteiger partial charge >= 0.3 is 5.97 Å². The number of aryl methyl sites for hydroxylation is 2. The Hall–Kier alpha value is -1.93. The fourth-order valence-electron chi connectivity index (χ4n) is 3.46. The molecule has 8 heteroatoms. The highest BCUT2D eigenvalue weighted by Crippen LogP contribution is 2.28. The molecule has 2 aliphatic rings. The highest BCUT2D eigenvalue weighted by molar-refractivity contribution is 7.89. The van der Waals surface area contributed by atoms with Crippen LogP contribution in [-0.2, 0) is 19.6 Å². The zero-order valence-corrected chi connectivity index (χ0v) is 15.1. The molecule has 2 aliphatic heterocycles. The van der Waals surface area contributed by atoms with Crippen molar-refractivity contribution in [3.8, 4) is 0 Å². The fourth-order valence-corrected chi connectivity index (χ4v) is 5.03. The molecule has 0 bridgehead atoms. The highest BCUT2D eigenvalue weighted by Gasteiger charge is 2.42. The van der Waals surface area contributed by atoms with Crippen LogP contribution in [0.1, 0.15) is 24.0 Å². The summed E-state index contributed by atoms with van der Waals surface area (Å²) in [5.74, 6) is -1.88. The van der Waals surface area contributed by atoms with E-state index in [1.807, 2.05) is 13.8 Å². The van der Waals surface area contributed by atoms with Gasteiger partial charge in [-0.25, -0.2) is 8.42 Å². The van der Waals surface area contributed by atoms with Gasteiger partial charge in [0.15, 0.2) is 0 Å². The van der Waals surface area contributed by atoms with Crippen molar-refractivity contribution in [3.63, 3.8) is 0 Å². The molecule has 0 aromatic heterocycles. The Labute approximate surface area is 147 Å². The zero-order chi connectivity index (χ0) is 18.4. The lowest BCUT2D eigenvalue weighted by Crippen LogP contribution is -2.40. The van der Waals surface area contributed by atoms with Gasteiger partial charge in [-0.2, -0.15) is 4.31 Å². The summed E-state index contributed by atoms with van der Waals surface area (Å²) < 4.78 is 27.1. The maximum Gasteiger partial charge on any atom is 0.308 e. The monoisotopic (exact) mass is 366 g/mol. The molecule has 25 heavy (non-hydrogen) atoms. The molecule has 1 N–H and O–H groups in total. The van der Waals surface area contributed by atoms with Crippen molar-refractivity contribution in [2.45, 2.75) is 37.6 Å². The summed E-state index contributed by atoms with van der Waals surface area (Å²) in [6, 6.07) is 4.81. The van der Waals surface area contributed by atoms with Crippen LogP contribution in [0.4, 0.5) is 0 Å². The van der Waals surface area contributed by atoms with E-state index in [9.17, 15) is 18.0 Å². The van der Waals surface area contributed by atoms with Crippen molar-refractivity contribution < 1.29 is 23.1 Å². The van der Waals surface area contributed by atoms with Crippen molar-refractivity contribution >= 4 is 21.9 Å². The molecule has 2 saturated heterocycles. The number of amides is 1. The van der Waals surface area contributed by atoms with Gasteiger partial charge in [0.25, 0.3) is 0 Å². The van der Waals surface area contributed by atoms with Crippen LogP contribution in [-0.4, -0.2) is 60.3 Å². The van der Waals surface area contributed by atoms with Crippen molar-refractivity contribution in [1.82, 2.24) is 9.21 Å². The van der Waals surface area contributed by atoms with E-state index in [2.05, 4.69) is 0 Å². The minimum absolute atomic E-state index is 0.00423. The van der Waals surface area contributed by atoms with Gasteiger partial charge < -0.3 is 10.0 Å². The number of carboxylic acid groups (broad SMARTS) is 1. The average molecular weight is 366 g/mol. The summed E-state index contributed by atoms with van der Waals surface area (Å²) in [5, 5.41) is 9.08. The summed E-state index contributed by atoms with van der Waals surface area (Å²) in [4.78, 5) is 25.0. The quantitative estimate of drug-likeness (QED) is 0.858. The Morgan fingerprint density at radius 2 is 1.92 bits per heavy atom. The number of likely N-dealkylation sites (tertiary alicyclic amines) is 1. The summed E-state index contributed by atoms with van der Waals surface area (Å²) in [6.45, 7) is 4.51. The van der Waals surface area contributed by atoms with E-state index < -0.39 is 21.9 Å². The largest absolute Gasteiger partial charge is 0.481 e. The molecule has 3 rings (SSSR count). The molecule has 2 heterocycles. The van der Waals surface area contributed by atoms with Crippen molar-refractivity contribution in [3.05, 3.63) is 29.3 Å². The van der Waals surface area contributed by atoms with Crippen LogP contribution in [0.5, 0.6) is 0 Å². The summed E-state index contributed by atoms with van der Waals surface area (Å²) >= 11 is 0. The summed E-state index contributed by atoms with van der Waals surface area (Å²) in [7, 11) is -3.61. The van der Waals surface area contributed by atoms with E-state index in [4.69, 9.17) is 5.11 Å². The molecule has 7 nitrogen and oxygen atoms in total. The van der Waals surface area contributed by atoms with E-state index in [1.165, 1.54) is 9.21 Å². The second-order valence-electron chi connectivity index (χ2n) is 6.84. The number of nitrogens with zero attached hydrogens (tertiary/aromatic N) is 2. The number of sulfonamides is 1. The fraction of sp³-hybridized carbons (Fsp3) is 0.529. The van der Waals surface area contributed by atoms with Crippen LogP contribution in [0.15, 0.2) is 23.1 Å². The molecule has 0 spiro atoms. The molecule has 2 fully saturated rings. The maximum atomic E-state index is 12.8. The topological polar surface area (TPSA) is 95.0 Å². The Balaban J connectivity index is 1.75. The standard InChI is InChI=1S/C17H22N2O5S/c1-11-3-4-15(7-12(11)2)25(23,24)18-6-5-14(10-18)19-9-13(17(21)22)8-16(19)20/h3-4,7,13-14H,5-6,8-10H2,1-2H3,(H,21,22). The Bertz CT molecular complexity index is 820. The molecule has 1 aromatic rings. The molecule has 0 aliphatic carbocycles. The molecule has 0 radical (unpaired) electrons. The van der Waals surface area contributed by atoms with E-state index in [0.29, 0.717) is 13.0 Å². The maximum absolute atomic E-state index is 12.8. The summed E-state index contributed by atoms with van der Waals surface area (Å²) in [6.07, 6.45) is 0.526. The van der Waals surface area contributed by atoms with Gasteiger partial charge in [-0.3, -0.25) is 9.59 Å². The van der Waals surface area contributed by atoms with Crippen LogP contribution in [0, 0.1) is 19.8 Å². The van der Waals surface area contributed by atoms with Gasteiger partial charge in [-0.1, -0.05) is 6.07 Å². The summed E-state index contributed by atoms with van der Waals surface area (Å²) in [5.41, 5.74) is 1.94. The van der Waals surface area contributed by atoms with Crippen molar-refractivity contribution in [2.24, 2.45) is 5.92 Å². The number of hydrogen-bond acceptors (Lipinski definition) is 4. The molecule has 0 saturated carbocycles. The third-order valence-electron chi connectivity index (χ3n) is 5.19. The van der Waals surface area contributed by atoms with Crippen LogP contribution >= 0.6 is 0 Å². The smallest absolute Gasteiger partial charge is 0.308 e. The number of carbonyl (C=O) groups excluding carboxylic acids is 1. The van der Waals surface area contributed by atoms with Crippen LogP contribution in [0.25, 0.3) is 0 Å². The number of hydrogen-bond donors (Lipinski definition) is 1. The molecule has 2 unspecified atom stereocenters. The van der Waals surface area contributed by atoms with Gasteiger partial charge in [-0.05, 0) is 43.5 Å². The lowest BCUT2D eigenvalue weighted by molar-refractivity contribution is -0.141. The second-order valence-corrected chi connectivity index (χ2v) is 8.77. The third-order valence-corrected chi connectivity index (χ3v) is 7.05. The minimum Gasteiger partial charge on any atom is -0.481 e. The van der Waals surface area contributed by atoms with Crippen LogP contribution in [0.3, 0.4) is 0 Å². The Morgan fingerprint density at radius 1 is 1.20 bits per heavy atom. The predicted molar refractivity (Wildman–Crippen MR) is 90.5 cm³/mol. The molecular formula is C17H22N2O5S. The number of carboxylic acids is 1. The van der Waals surface area contributed by atoms with Crippen molar-refractivity contribution in [1.29, 1.82) is 0 Å². The first-order valence-corrected chi connectivity index (χ1v) is 9.74. The van der Waals surface area contributed by atoms with E-state index in [0.717, 1.165) is 11.1 Å². The highest BCUT2D eigenvalue weighted by atomic mass is 32.2. The molecular weight excluding hydrogens is 344 g/mol. The number of carbonyl (C=O) groups is 2. The number of aliphatic carboxylic acids is 1. The molecule has 1 aromatic carbocycles. The normalized spacial score (nSPS) is 24.9. The average Bonchev–Trinajstić information content (AvgIpc) is 3.16. The van der Waals surface area contributed by atoms with Crippen molar-refractivity contribution in [2.75, 3.05) is 19.6 Å². The number of rotatable bonds is 4. The SMILES string of the molecule is Cc1ccc(S(=O)(=O)N2CCC(N3CC(C(=O)O)CC3=O)C2)cc1C. The van der Waals surface area contributed by atoms with E-state index in [1.54, 1.807) is 18.2 Å². The molecule has 136 valence electrons. The predicted octanol–water partition coefficient (Wildman–Crippen LogP) is 1.000. The first kappa shape index (κ1) is 17.9. The van der Waals surface area contributed by atoms with Gasteiger partial charge in [0.2, 0.25) is 15.9 Å². The second kappa shape index (κ2) is 6.42. The first-order chi connectivity index (χ1) is 11.7. The third kappa shape index (κ3) is 3.28. The lowest BCUT2D eigenvalue weighted by atomic mass is 10.1. The van der Waals surface area contributed by atoms with Gasteiger partial charge in [0.05, 0.1) is 10.8 Å². The van der Waals surface area contributed by atoms with Crippen LogP contribution in [0.2, 0.25) is 0 Å². The van der Waals surface area contributed by atoms with Crippen LogP contribution < -0.4 is 0 Å². The number of benzene rings is 1. The van der Waals surface area contributed by atoms with Gasteiger partial charge in [0.1, 0.15) is 0 Å². The Kier molecular flexibility index (Phi) is 4.59. The van der Waals surface area contributed by atoms with Gasteiger partial charge in [-0.15, -0.1) is 0 Å². The lowest BCUT2D eigenvalue weighted by Gasteiger charge is -2.24.